The molecule has 4 nitrogen and oxygen atoms in total. The Morgan fingerprint density at radius 1 is 1.32 bits per heavy atom. The fourth-order valence-corrected chi connectivity index (χ4v) is 2.35. The van der Waals surface area contributed by atoms with Crippen molar-refractivity contribution in [1.82, 2.24) is 14.8 Å². The summed E-state index contributed by atoms with van der Waals surface area (Å²) in [5.41, 5.74) is 4.68. The molecule has 0 amide bonds. The molecular weight excluding hydrogens is 236 g/mol. The van der Waals surface area contributed by atoms with Gasteiger partial charge in [-0.3, -0.25) is 4.68 Å². The van der Waals surface area contributed by atoms with Gasteiger partial charge in [0.2, 0.25) is 0 Å². The average molecular weight is 254 g/mol. The molecule has 0 bridgehead atoms. The maximum atomic E-state index is 4.43. The molecule has 0 saturated carbocycles. The van der Waals surface area contributed by atoms with E-state index in [1.165, 1.54) is 16.5 Å². The molecule has 0 unspecified atom stereocenters. The SMILES string of the molecule is CCc1nn(C)cc1NCc1ccc2cc[nH]c2c1. The molecule has 2 N–H and O–H groups in total. The molecule has 0 saturated heterocycles. The summed E-state index contributed by atoms with van der Waals surface area (Å²) in [4.78, 5) is 3.24. The predicted molar refractivity (Wildman–Crippen MR) is 78.2 cm³/mol. The second-order valence-corrected chi connectivity index (χ2v) is 4.77. The van der Waals surface area contributed by atoms with Crippen molar-refractivity contribution in [2.75, 3.05) is 5.32 Å². The molecular formula is C15H18N4. The van der Waals surface area contributed by atoms with Crippen molar-refractivity contribution in [3.05, 3.63) is 47.9 Å². The minimum atomic E-state index is 0.813. The van der Waals surface area contributed by atoms with Gasteiger partial charge in [-0.25, -0.2) is 0 Å². The number of aromatic nitrogens is 3. The Morgan fingerprint density at radius 2 is 2.21 bits per heavy atom. The molecule has 0 radical (unpaired) electrons. The topological polar surface area (TPSA) is 45.6 Å². The third-order valence-corrected chi connectivity index (χ3v) is 3.34. The van der Waals surface area contributed by atoms with Gasteiger partial charge in [-0.1, -0.05) is 19.1 Å². The number of fused-ring (bicyclic) bond motifs is 1. The van der Waals surface area contributed by atoms with Gasteiger partial charge < -0.3 is 10.3 Å². The van der Waals surface area contributed by atoms with Gasteiger partial charge in [0, 0.05) is 31.5 Å². The van der Waals surface area contributed by atoms with Crippen LogP contribution in [0.1, 0.15) is 18.2 Å². The summed E-state index contributed by atoms with van der Waals surface area (Å²) in [5, 5.41) is 9.14. The Labute approximate surface area is 112 Å². The number of hydrogen-bond acceptors (Lipinski definition) is 2. The Hall–Kier alpha value is -2.23. The van der Waals surface area contributed by atoms with E-state index in [-0.39, 0.29) is 0 Å². The summed E-state index contributed by atoms with van der Waals surface area (Å²) >= 11 is 0. The molecule has 0 atom stereocenters. The van der Waals surface area contributed by atoms with E-state index < -0.39 is 0 Å². The van der Waals surface area contributed by atoms with Crippen LogP contribution in [0.2, 0.25) is 0 Å². The van der Waals surface area contributed by atoms with Gasteiger partial charge >= 0.3 is 0 Å². The summed E-state index contributed by atoms with van der Waals surface area (Å²) in [5.74, 6) is 0. The maximum Gasteiger partial charge on any atom is 0.0853 e. The zero-order valence-corrected chi connectivity index (χ0v) is 11.3. The Balaban J connectivity index is 1.77. The van der Waals surface area contributed by atoms with Gasteiger partial charge in [0.25, 0.3) is 0 Å². The van der Waals surface area contributed by atoms with Crippen molar-refractivity contribution >= 4 is 16.6 Å². The molecule has 0 aliphatic carbocycles. The minimum absolute atomic E-state index is 0.813. The molecule has 2 heterocycles. The first kappa shape index (κ1) is 11.8. The fourth-order valence-electron chi connectivity index (χ4n) is 2.35. The van der Waals surface area contributed by atoms with Crippen molar-refractivity contribution in [1.29, 1.82) is 0 Å². The Morgan fingerprint density at radius 3 is 3.05 bits per heavy atom. The maximum absolute atomic E-state index is 4.43. The lowest BCUT2D eigenvalue weighted by Crippen LogP contribution is -2.00. The highest BCUT2D eigenvalue weighted by molar-refractivity contribution is 5.79. The Kier molecular flexibility index (Phi) is 2.99. The summed E-state index contributed by atoms with van der Waals surface area (Å²) in [6, 6.07) is 8.57. The van der Waals surface area contributed by atoms with Gasteiger partial charge in [0.05, 0.1) is 11.4 Å². The summed E-state index contributed by atoms with van der Waals surface area (Å²) in [6.45, 7) is 2.94. The van der Waals surface area contributed by atoms with Crippen LogP contribution in [0, 0.1) is 0 Å². The number of nitrogens with one attached hydrogen (secondary N) is 2. The van der Waals surface area contributed by atoms with Crippen LogP contribution in [0.3, 0.4) is 0 Å². The zero-order chi connectivity index (χ0) is 13.2. The molecule has 3 rings (SSSR count). The normalized spacial score (nSPS) is 11.1. The number of benzene rings is 1. The highest BCUT2D eigenvalue weighted by atomic mass is 15.3. The summed E-state index contributed by atoms with van der Waals surface area (Å²) in [6.07, 6.45) is 4.95. The number of H-pyrrole nitrogens is 1. The third kappa shape index (κ3) is 2.34. The quantitative estimate of drug-likeness (QED) is 0.751. The molecule has 2 aromatic heterocycles. The van der Waals surface area contributed by atoms with Crippen LogP contribution in [-0.4, -0.2) is 14.8 Å². The number of aryl methyl sites for hydroxylation is 2. The first-order chi connectivity index (χ1) is 9.26. The van der Waals surface area contributed by atoms with Crippen LogP contribution in [0.4, 0.5) is 5.69 Å². The number of nitrogens with zero attached hydrogens (tertiary/aromatic N) is 2. The van der Waals surface area contributed by atoms with Gasteiger partial charge in [-0.05, 0) is 29.5 Å². The van der Waals surface area contributed by atoms with Crippen LogP contribution in [0.15, 0.2) is 36.7 Å². The molecule has 3 aromatic rings. The van der Waals surface area contributed by atoms with Crippen molar-refractivity contribution in [2.45, 2.75) is 19.9 Å². The van der Waals surface area contributed by atoms with Crippen LogP contribution in [0.5, 0.6) is 0 Å². The second kappa shape index (κ2) is 4.80. The van der Waals surface area contributed by atoms with Gasteiger partial charge in [-0.15, -0.1) is 0 Å². The fraction of sp³-hybridized carbons (Fsp3) is 0.267. The number of hydrogen-bond donors (Lipinski definition) is 2. The number of rotatable bonds is 4. The van der Waals surface area contributed by atoms with Crippen molar-refractivity contribution in [2.24, 2.45) is 7.05 Å². The van der Waals surface area contributed by atoms with Crippen LogP contribution in [0.25, 0.3) is 10.9 Å². The second-order valence-electron chi connectivity index (χ2n) is 4.77. The molecule has 4 heteroatoms. The van der Waals surface area contributed by atoms with E-state index in [1.54, 1.807) is 0 Å². The van der Waals surface area contributed by atoms with E-state index in [1.807, 2.05) is 24.1 Å². The van der Waals surface area contributed by atoms with E-state index in [0.717, 1.165) is 24.3 Å². The van der Waals surface area contributed by atoms with Crippen LogP contribution >= 0.6 is 0 Å². The highest BCUT2D eigenvalue weighted by Gasteiger charge is 2.05. The molecule has 0 aliphatic rings. The largest absolute Gasteiger partial charge is 0.378 e. The molecule has 0 aliphatic heterocycles. The summed E-state index contributed by atoms with van der Waals surface area (Å²) in [7, 11) is 1.95. The van der Waals surface area contributed by atoms with E-state index in [0.29, 0.717) is 0 Å². The van der Waals surface area contributed by atoms with Gasteiger partial charge in [-0.2, -0.15) is 5.10 Å². The minimum Gasteiger partial charge on any atom is -0.378 e. The smallest absolute Gasteiger partial charge is 0.0853 e. The first-order valence-electron chi connectivity index (χ1n) is 6.58. The first-order valence-corrected chi connectivity index (χ1v) is 6.58. The zero-order valence-electron chi connectivity index (χ0n) is 11.3. The predicted octanol–water partition coefficient (Wildman–Crippen LogP) is 3.08. The van der Waals surface area contributed by atoms with E-state index in [4.69, 9.17) is 0 Å². The summed E-state index contributed by atoms with van der Waals surface area (Å²) < 4.78 is 1.86. The third-order valence-electron chi connectivity index (χ3n) is 3.34. The van der Waals surface area contributed by atoms with Gasteiger partial charge in [0.1, 0.15) is 0 Å². The van der Waals surface area contributed by atoms with Crippen molar-refractivity contribution in [3.63, 3.8) is 0 Å². The molecule has 0 fully saturated rings. The molecule has 1 aromatic carbocycles. The standard InChI is InChI=1S/C15H18N4/c1-3-13-15(10-19(2)18-13)17-9-11-4-5-12-6-7-16-14(12)8-11/h4-8,10,16-17H,3,9H2,1-2H3. The lowest BCUT2D eigenvalue weighted by atomic mass is 10.1. The van der Waals surface area contributed by atoms with E-state index in [9.17, 15) is 0 Å². The average Bonchev–Trinajstić information content (AvgIpc) is 3.01. The highest BCUT2D eigenvalue weighted by Crippen LogP contribution is 2.17. The lowest BCUT2D eigenvalue weighted by Gasteiger charge is -2.06. The van der Waals surface area contributed by atoms with Gasteiger partial charge in [0.15, 0.2) is 0 Å². The molecule has 98 valence electrons. The van der Waals surface area contributed by atoms with Crippen LogP contribution < -0.4 is 5.32 Å². The van der Waals surface area contributed by atoms with E-state index in [2.05, 4.69) is 46.6 Å². The number of aromatic amines is 1. The Bertz CT molecular complexity index is 693. The number of anilines is 1. The monoisotopic (exact) mass is 254 g/mol. The van der Waals surface area contributed by atoms with E-state index >= 15 is 0 Å². The lowest BCUT2D eigenvalue weighted by molar-refractivity contribution is 0.746. The van der Waals surface area contributed by atoms with Crippen molar-refractivity contribution < 1.29 is 0 Å². The molecule has 19 heavy (non-hydrogen) atoms. The molecule has 0 spiro atoms. The van der Waals surface area contributed by atoms with Crippen LogP contribution in [-0.2, 0) is 20.0 Å². The van der Waals surface area contributed by atoms with Crippen molar-refractivity contribution in [3.8, 4) is 0 Å².